The summed E-state index contributed by atoms with van der Waals surface area (Å²) < 4.78 is 22.5. The monoisotopic (exact) mass is 241 g/mol. The number of nitrogens with zero attached hydrogens (tertiary/aromatic N) is 1. The predicted molar refractivity (Wildman–Crippen MR) is 63.9 cm³/mol. The zero-order valence-corrected chi connectivity index (χ0v) is 9.70. The minimum atomic E-state index is -2.80. The van der Waals surface area contributed by atoms with Gasteiger partial charge in [0.1, 0.15) is 21.5 Å². The van der Waals surface area contributed by atoms with E-state index in [1.807, 2.05) is 12.1 Å². The summed E-state index contributed by atoms with van der Waals surface area (Å²) in [6.07, 6.45) is 1.28. The number of nitrogen functional groups attached to an aromatic ring is 1. The molecule has 0 aromatic carbocycles. The summed E-state index contributed by atoms with van der Waals surface area (Å²) in [5, 5.41) is 3.20. The molecule has 1 aromatic rings. The van der Waals surface area contributed by atoms with Crippen molar-refractivity contribution in [1.29, 1.82) is 0 Å². The van der Waals surface area contributed by atoms with Crippen molar-refractivity contribution < 1.29 is 8.42 Å². The minimum absolute atomic E-state index is 0.179. The normalized spacial score (nSPS) is 20.5. The van der Waals surface area contributed by atoms with E-state index in [-0.39, 0.29) is 17.5 Å². The molecule has 0 aliphatic carbocycles. The molecule has 1 fully saturated rings. The van der Waals surface area contributed by atoms with Crippen molar-refractivity contribution in [3.05, 3.63) is 18.2 Å². The zero-order valence-electron chi connectivity index (χ0n) is 8.89. The summed E-state index contributed by atoms with van der Waals surface area (Å²) in [6.45, 7) is 0. The van der Waals surface area contributed by atoms with Crippen LogP contribution in [0.15, 0.2) is 18.2 Å². The Bertz CT molecular complexity index is 459. The van der Waals surface area contributed by atoms with Gasteiger partial charge < -0.3 is 11.1 Å². The molecule has 0 saturated carbocycles. The number of nitrogens with two attached hydrogens (primary N) is 1. The Morgan fingerprint density at radius 2 is 2.00 bits per heavy atom. The van der Waals surface area contributed by atoms with Gasteiger partial charge in [-0.1, -0.05) is 6.07 Å². The van der Waals surface area contributed by atoms with E-state index in [2.05, 4.69) is 10.3 Å². The highest BCUT2D eigenvalue weighted by molar-refractivity contribution is 7.91. The molecule has 16 heavy (non-hydrogen) atoms. The van der Waals surface area contributed by atoms with Gasteiger partial charge in [0.25, 0.3) is 0 Å². The molecule has 88 valence electrons. The molecular formula is C10H15N3O2S. The fourth-order valence-corrected chi connectivity index (χ4v) is 3.27. The SMILES string of the molecule is Nc1cccc(NC2CCS(=O)(=O)CC2)n1. The van der Waals surface area contributed by atoms with E-state index in [9.17, 15) is 8.42 Å². The summed E-state index contributed by atoms with van der Waals surface area (Å²) in [7, 11) is -2.80. The van der Waals surface area contributed by atoms with Crippen molar-refractivity contribution >= 4 is 21.5 Å². The largest absolute Gasteiger partial charge is 0.384 e. The van der Waals surface area contributed by atoms with E-state index in [1.54, 1.807) is 6.07 Å². The first-order chi connectivity index (χ1) is 7.55. The lowest BCUT2D eigenvalue weighted by Gasteiger charge is -2.23. The molecule has 1 aromatic heterocycles. The summed E-state index contributed by atoms with van der Waals surface area (Å²) in [5.74, 6) is 1.69. The predicted octanol–water partition coefficient (Wildman–Crippen LogP) is 0.653. The highest BCUT2D eigenvalue weighted by atomic mass is 32.2. The summed E-state index contributed by atoms with van der Waals surface area (Å²) >= 11 is 0. The Morgan fingerprint density at radius 3 is 2.62 bits per heavy atom. The van der Waals surface area contributed by atoms with E-state index < -0.39 is 9.84 Å². The summed E-state index contributed by atoms with van der Waals surface area (Å²) in [6, 6.07) is 5.55. The fourth-order valence-electron chi connectivity index (χ4n) is 1.78. The molecule has 0 bridgehead atoms. The van der Waals surface area contributed by atoms with Crippen LogP contribution in [0.5, 0.6) is 0 Å². The van der Waals surface area contributed by atoms with Crippen molar-refractivity contribution in [1.82, 2.24) is 4.98 Å². The molecule has 6 heteroatoms. The topological polar surface area (TPSA) is 85.1 Å². The molecule has 2 rings (SSSR count). The Hall–Kier alpha value is -1.30. The molecule has 0 spiro atoms. The van der Waals surface area contributed by atoms with Crippen LogP contribution in [-0.2, 0) is 9.84 Å². The molecule has 0 unspecified atom stereocenters. The van der Waals surface area contributed by atoms with Crippen molar-refractivity contribution in [2.75, 3.05) is 22.6 Å². The van der Waals surface area contributed by atoms with Crippen LogP contribution in [0.4, 0.5) is 11.6 Å². The average molecular weight is 241 g/mol. The van der Waals surface area contributed by atoms with Gasteiger partial charge >= 0.3 is 0 Å². The van der Waals surface area contributed by atoms with Gasteiger partial charge in [0.05, 0.1) is 11.5 Å². The Kier molecular flexibility index (Phi) is 3.00. The minimum Gasteiger partial charge on any atom is -0.384 e. The molecule has 0 amide bonds. The van der Waals surface area contributed by atoms with Gasteiger partial charge in [-0.05, 0) is 25.0 Å². The standard InChI is InChI=1S/C10H15N3O2S/c11-9-2-1-3-10(13-9)12-8-4-6-16(14,15)7-5-8/h1-3,8H,4-7H2,(H3,11,12,13). The van der Waals surface area contributed by atoms with Crippen LogP contribution in [-0.4, -0.2) is 30.9 Å². The molecule has 0 radical (unpaired) electrons. The number of pyridine rings is 1. The third-order valence-electron chi connectivity index (χ3n) is 2.68. The Labute approximate surface area is 95.0 Å². The zero-order chi connectivity index (χ0) is 11.6. The maximum Gasteiger partial charge on any atom is 0.150 e. The number of nitrogens with one attached hydrogen (secondary N) is 1. The van der Waals surface area contributed by atoms with E-state index in [1.165, 1.54) is 0 Å². The van der Waals surface area contributed by atoms with Crippen LogP contribution < -0.4 is 11.1 Å². The van der Waals surface area contributed by atoms with E-state index in [0.717, 1.165) is 0 Å². The lowest BCUT2D eigenvalue weighted by molar-refractivity contribution is 0.559. The number of hydrogen-bond acceptors (Lipinski definition) is 5. The fraction of sp³-hybridized carbons (Fsp3) is 0.500. The molecule has 5 nitrogen and oxygen atoms in total. The maximum atomic E-state index is 11.2. The summed E-state index contributed by atoms with van der Waals surface area (Å²) in [4.78, 5) is 4.12. The van der Waals surface area contributed by atoms with E-state index in [0.29, 0.717) is 24.5 Å². The number of rotatable bonds is 2. The van der Waals surface area contributed by atoms with Gasteiger partial charge in [0.15, 0.2) is 0 Å². The van der Waals surface area contributed by atoms with Crippen LogP contribution >= 0.6 is 0 Å². The number of sulfone groups is 1. The number of anilines is 2. The van der Waals surface area contributed by atoms with Crippen LogP contribution in [0.1, 0.15) is 12.8 Å². The highest BCUT2D eigenvalue weighted by Crippen LogP contribution is 2.17. The first kappa shape index (κ1) is 11.2. The van der Waals surface area contributed by atoms with Gasteiger partial charge in [-0.25, -0.2) is 13.4 Å². The first-order valence-corrected chi connectivity index (χ1v) is 7.07. The van der Waals surface area contributed by atoms with Crippen LogP contribution in [0, 0.1) is 0 Å². The average Bonchev–Trinajstić information content (AvgIpc) is 2.21. The third kappa shape index (κ3) is 2.85. The Morgan fingerprint density at radius 1 is 1.31 bits per heavy atom. The lowest BCUT2D eigenvalue weighted by Crippen LogP contribution is -2.32. The maximum absolute atomic E-state index is 11.2. The molecule has 1 aliphatic heterocycles. The van der Waals surface area contributed by atoms with Gasteiger partial charge in [-0.15, -0.1) is 0 Å². The number of aromatic nitrogens is 1. The van der Waals surface area contributed by atoms with E-state index >= 15 is 0 Å². The third-order valence-corrected chi connectivity index (χ3v) is 4.39. The molecular weight excluding hydrogens is 226 g/mol. The molecule has 3 N–H and O–H groups in total. The van der Waals surface area contributed by atoms with Crippen molar-refractivity contribution in [3.63, 3.8) is 0 Å². The lowest BCUT2D eigenvalue weighted by atomic mass is 10.1. The van der Waals surface area contributed by atoms with Crippen molar-refractivity contribution in [2.45, 2.75) is 18.9 Å². The van der Waals surface area contributed by atoms with Crippen LogP contribution in [0.2, 0.25) is 0 Å². The summed E-state index contributed by atoms with van der Waals surface area (Å²) in [5.41, 5.74) is 5.56. The van der Waals surface area contributed by atoms with E-state index in [4.69, 9.17) is 5.73 Å². The quantitative estimate of drug-likeness (QED) is 0.794. The molecule has 1 aliphatic rings. The second-order valence-electron chi connectivity index (χ2n) is 4.02. The second-order valence-corrected chi connectivity index (χ2v) is 6.32. The first-order valence-electron chi connectivity index (χ1n) is 5.25. The molecule has 0 atom stereocenters. The van der Waals surface area contributed by atoms with Crippen molar-refractivity contribution in [3.8, 4) is 0 Å². The van der Waals surface area contributed by atoms with Gasteiger partial charge in [-0.3, -0.25) is 0 Å². The Balaban J connectivity index is 1.97. The van der Waals surface area contributed by atoms with Crippen LogP contribution in [0.25, 0.3) is 0 Å². The van der Waals surface area contributed by atoms with Gasteiger partial charge in [0, 0.05) is 6.04 Å². The van der Waals surface area contributed by atoms with Crippen molar-refractivity contribution in [2.24, 2.45) is 0 Å². The molecule has 1 saturated heterocycles. The number of hydrogen-bond donors (Lipinski definition) is 2. The smallest absolute Gasteiger partial charge is 0.150 e. The van der Waals surface area contributed by atoms with Gasteiger partial charge in [-0.2, -0.15) is 0 Å². The van der Waals surface area contributed by atoms with Gasteiger partial charge in [0.2, 0.25) is 0 Å². The highest BCUT2D eigenvalue weighted by Gasteiger charge is 2.23. The van der Waals surface area contributed by atoms with Crippen LogP contribution in [0.3, 0.4) is 0 Å². The second kappa shape index (κ2) is 4.29. The molecule has 2 heterocycles.